The minimum Gasteiger partial charge on any atom is -0.369 e. The summed E-state index contributed by atoms with van der Waals surface area (Å²) in [6.07, 6.45) is 4.82. The van der Waals surface area contributed by atoms with E-state index in [-0.39, 0.29) is 24.7 Å². The second-order valence-corrected chi connectivity index (χ2v) is 4.32. The largest absolute Gasteiger partial charge is 0.369 e. The molecule has 0 aromatic carbocycles. The van der Waals surface area contributed by atoms with E-state index in [0.717, 1.165) is 6.42 Å². The van der Waals surface area contributed by atoms with E-state index >= 15 is 0 Å². The molecule has 1 atom stereocenters. The van der Waals surface area contributed by atoms with Gasteiger partial charge in [-0.15, -0.1) is 0 Å². The smallest absolute Gasteiger partial charge is 0.246 e. The van der Waals surface area contributed by atoms with Crippen LogP contribution in [-0.4, -0.2) is 24.7 Å². The lowest BCUT2D eigenvalue weighted by atomic mass is 10.1. The number of hydrogen-bond donors (Lipinski definition) is 1. The third-order valence-electron chi connectivity index (χ3n) is 2.20. The highest BCUT2D eigenvalue weighted by Crippen LogP contribution is 2.02. The molecule has 0 fully saturated rings. The molecular formula is C12H25NO2. The molecule has 0 aliphatic heterocycles. The Hall–Kier alpha value is -0.570. The van der Waals surface area contributed by atoms with Crippen molar-refractivity contribution in [2.75, 3.05) is 6.61 Å². The lowest BCUT2D eigenvalue weighted by Crippen LogP contribution is -2.35. The Labute approximate surface area is 93.6 Å². The zero-order valence-electron chi connectivity index (χ0n) is 10.5. The Kier molecular flexibility index (Phi) is 8.38. The van der Waals surface area contributed by atoms with Crippen molar-refractivity contribution in [3.63, 3.8) is 0 Å². The van der Waals surface area contributed by atoms with Gasteiger partial charge in [0.1, 0.15) is 6.61 Å². The molecule has 0 aliphatic carbocycles. The molecule has 0 saturated carbocycles. The van der Waals surface area contributed by atoms with Crippen molar-refractivity contribution in [3.05, 3.63) is 0 Å². The van der Waals surface area contributed by atoms with Crippen LogP contribution in [0, 0.1) is 0 Å². The average molecular weight is 215 g/mol. The van der Waals surface area contributed by atoms with Crippen LogP contribution in [0.15, 0.2) is 0 Å². The fourth-order valence-electron chi connectivity index (χ4n) is 1.33. The highest BCUT2D eigenvalue weighted by atomic mass is 16.5. The summed E-state index contributed by atoms with van der Waals surface area (Å²) in [5.41, 5.74) is 0. The van der Waals surface area contributed by atoms with Gasteiger partial charge in [0.25, 0.3) is 0 Å². The molecule has 0 heterocycles. The number of carbonyl (C=O) groups is 1. The molecule has 90 valence electrons. The Morgan fingerprint density at radius 2 is 1.93 bits per heavy atom. The van der Waals surface area contributed by atoms with Gasteiger partial charge >= 0.3 is 0 Å². The highest BCUT2D eigenvalue weighted by molar-refractivity contribution is 5.77. The van der Waals surface area contributed by atoms with Crippen LogP contribution in [0.3, 0.4) is 0 Å². The lowest BCUT2D eigenvalue weighted by molar-refractivity contribution is -0.127. The van der Waals surface area contributed by atoms with Crippen molar-refractivity contribution >= 4 is 5.91 Å². The number of hydrogen-bond acceptors (Lipinski definition) is 2. The monoisotopic (exact) mass is 215 g/mol. The second-order valence-electron chi connectivity index (χ2n) is 4.32. The van der Waals surface area contributed by atoms with Crippen molar-refractivity contribution in [1.29, 1.82) is 0 Å². The molecule has 0 spiro atoms. The summed E-state index contributed by atoms with van der Waals surface area (Å²) in [4.78, 5) is 11.4. The summed E-state index contributed by atoms with van der Waals surface area (Å²) in [6.45, 7) is 8.26. The first-order chi connectivity index (χ1) is 7.06. The first-order valence-electron chi connectivity index (χ1n) is 5.97. The number of nitrogens with one attached hydrogen (secondary N) is 1. The highest BCUT2D eigenvalue weighted by Gasteiger charge is 2.07. The normalized spacial score (nSPS) is 12.9. The Balaban J connectivity index is 3.49. The Morgan fingerprint density at radius 3 is 2.47 bits per heavy atom. The van der Waals surface area contributed by atoms with Crippen LogP contribution in [0.1, 0.15) is 53.4 Å². The second kappa shape index (κ2) is 8.72. The van der Waals surface area contributed by atoms with Crippen LogP contribution in [0.2, 0.25) is 0 Å². The molecule has 0 aliphatic rings. The number of ether oxygens (including phenoxy) is 1. The number of carbonyl (C=O) groups excluding carboxylic acids is 1. The number of unbranched alkanes of at least 4 members (excludes halogenated alkanes) is 2. The van der Waals surface area contributed by atoms with Gasteiger partial charge in [0.05, 0.1) is 6.10 Å². The van der Waals surface area contributed by atoms with E-state index in [9.17, 15) is 4.79 Å². The Bertz CT molecular complexity index is 169. The van der Waals surface area contributed by atoms with Crippen molar-refractivity contribution in [2.24, 2.45) is 0 Å². The summed E-state index contributed by atoms with van der Waals surface area (Å²) in [5.74, 6) is -0.00676. The van der Waals surface area contributed by atoms with Gasteiger partial charge in [0.15, 0.2) is 0 Å². The molecule has 3 heteroatoms. The van der Waals surface area contributed by atoms with E-state index in [1.165, 1.54) is 19.3 Å². The maximum atomic E-state index is 11.4. The van der Waals surface area contributed by atoms with Crippen LogP contribution in [0.4, 0.5) is 0 Å². The van der Waals surface area contributed by atoms with Gasteiger partial charge < -0.3 is 10.1 Å². The van der Waals surface area contributed by atoms with E-state index in [0.29, 0.717) is 0 Å². The molecular weight excluding hydrogens is 190 g/mol. The molecule has 1 amide bonds. The summed E-state index contributed by atoms with van der Waals surface area (Å²) in [7, 11) is 0. The fraction of sp³-hybridized carbons (Fsp3) is 0.917. The van der Waals surface area contributed by atoms with E-state index in [1.807, 2.05) is 20.8 Å². The minimum atomic E-state index is -0.00676. The average Bonchev–Trinajstić information content (AvgIpc) is 2.15. The molecule has 0 saturated heterocycles. The predicted octanol–water partition coefficient (Wildman–Crippen LogP) is 2.50. The molecule has 0 rings (SSSR count). The first-order valence-corrected chi connectivity index (χ1v) is 5.97. The van der Waals surface area contributed by atoms with Gasteiger partial charge in [0, 0.05) is 6.04 Å². The molecule has 0 bridgehead atoms. The van der Waals surface area contributed by atoms with Crippen LogP contribution in [0.25, 0.3) is 0 Å². The van der Waals surface area contributed by atoms with Gasteiger partial charge in [-0.2, -0.15) is 0 Å². The topological polar surface area (TPSA) is 38.3 Å². The molecule has 0 radical (unpaired) electrons. The van der Waals surface area contributed by atoms with E-state index in [4.69, 9.17) is 4.74 Å². The first kappa shape index (κ1) is 14.4. The van der Waals surface area contributed by atoms with Crippen LogP contribution >= 0.6 is 0 Å². The van der Waals surface area contributed by atoms with Gasteiger partial charge in [-0.05, 0) is 27.2 Å². The molecule has 15 heavy (non-hydrogen) atoms. The fourth-order valence-corrected chi connectivity index (χ4v) is 1.33. The van der Waals surface area contributed by atoms with Crippen LogP contribution in [0.5, 0.6) is 0 Å². The molecule has 1 unspecified atom stereocenters. The zero-order chi connectivity index (χ0) is 11.7. The summed E-state index contributed by atoms with van der Waals surface area (Å²) in [6, 6.07) is 0.264. The van der Waals surface area contributed by atoms with Crippen molar-refractivity contribution in [2.45, 2.75) is 65.5 Å². The summed E-state index contributed by atoms with van der Waals surface area (Å²) < 4.78 is 5.22. The SMILES string of the molecule is CCCCCC(C)NC(=O)COC(C)C. The van der Waals surface area contributed by atoms with Crippen LogP contribution in [-0.2, 0) is 9.53 Å². The van der Waals surface area contributed by atoms with E-state index in [1.54, 1.807) is 0 Å². The number of rotatable bonds is 8. The third-order valence-corrected chi connectivity index (χ3v) is 2.20. The van der Waals surface area contributed by atoms with Gasteiger partial charge in [0.2, 0.25) is 5.91 Å². The van der Waals surface area contributed by atoms with Crippen molar-refractivity contribution < 1.29 is 9.53 Å². The maximum Gasteiger partial charge on any atom is 0.246 e. The van der Waals surface area contributed by atoms with Crippen molar-refractivity contribution in [1.82, 2.24) is 5.32 Å². The molecule has 3 nitrogen and oxygen atoms in total. The zero-order valence-corrected chi connectivity index (χ0v) is 10.5. The van der Waals surface area contributed by atoms with Crippen molar-refractivity contribution in [3.8, 4) is 0 Å². The molecule has 0 aromatic rings. The van der Waals surface area contributed by atoms with E-state index in [2.05, 4.69) is 12.2 Å². The van der Waals surface area contributed by atoms with Gasteiger partial charge in [-0.25, -0.2) is 0 Å². The Morgan fingerprint density at radius 1 is 1.27 bits per heavy atom. The minimum absolute atomic E-state index is 0.00676. The third kappa shape index (κ3) is 9.73. The van der Waals surface area contributed by atoms with Gasteiger partial charge in [-0.3, -0.25) is 4.79 Å². The van der Waals surface area contributed by atoms with Crippen LogP contribution < -0.4 is 5.32 Å². The maximum absolute atomic E-state index is 11.4. The van der Waals surface area contributed by atoms with E-state index < -0.39 is 0 Å². The van der Waals surface area contributed by atoms with Gasteiger partial charge in [-0.1, -0.05) is 26.2 Å². The quantitative estimate of drug-likeness (QED) is 0.632. The standard InChI is InChI=1S/C12H25NO2/c1-5-6-7-8-11(4)13-12(14)9-15-10(2)3/h10-11H,5-9H2,1-4H3,(H,13,14). The number of amides is 1. The predicted molar refractivity (Wildman–Crippen MR) is 62.8 cm³/mol. The lowest BCUT2D eigenvalue weighted by Gasteiger charge is -2.14. The molecule has 1 N–H and O–H groups in total. The summed E-state index contributed by atoms with van der Waals surface area (Å²) in [5, 5.41) is 2.93. The molecule has 0 aromatic heterocycles. The summed E-state index contributed by atoms with van der Waals surface area (Å²) >= 11 is 0.